The molecule has 0 aliphatic carbocycles. The number of nitrogens with zero attached hydrogens (tertiary/aromatic N) is 2. The van der Waals surface area contributed by atoms with Crippen LogP contribution in [0.5, 0.6) is 0 Å². The first-order chi connectivity index (χ1) is 9.04. The summed E-state index contributed by atoms with van der Waals surface area (Å²) in [6, 6.07) is 7.00. The minimum Gasteiger partial charge on any atom is -0.374 e. The Morgan fingerprint density at radius 1 is 1.53 bits per heavy atom. The van der Waals surface area contributed by atoms with E-state index in [1.54, 1.807) is 31.2 Å². The maximum absolute atomic E-state index is 12.0. The molecule has 0 aliphatic heterocycles. The molecule has 0 unspecified atom stereocenters. The average Bonchev–Trinajstić information content (AvgIpc) is 2.74. The van der Waals surface area contributed by atoms with Crippen molar-refractivity contribution in [3.05, 3.63) is 29.3 Å². The van der Waals surface area contributed by atoms with Gasteiger partial charge in [-0.25, -0.2) is 0 Å². The van der Waals surface area contributed by atoms with Crippen molar-refractivity contribution in [3.63, 3.8) is 0 Å². The van der Waals surface area contributed by atoms with Crippen LogP contribution in [0.15, 0.2) is 28.6 Å². The first-order valence-corrected chi connectivity index (χ1v) is 7.44. The van der Waals surface area contributed by atoms with Crippen molar-refractivity contribution in [2.24, 2.45) is 0 Å². The van der Waals surface area contributed by atoms with Crippen molar-refractivity contribution in [1.82, 2.24) is 10.2 Å². The molecule has 0 saturated heterocycles. The Bertz CT molecular complexity index is 590. The standard InChI is InChI=1S/C11H11ClN4OS2/c1-6(18-11-16-15-10(13)19-11)9(17)14-8-4-2-3-7(12)5-8/h2-6H,1H3,(H2,13,15)(H,14,17)/t6-/m0/s1. The number of halogens is 1. The van der Waals surface area contributed by atoms with Gasteiger partial charge in [0.05, 0.1) is 5.25 Å². The molecule has 1 amide bonds. The molecule has 0 radical (unpaired) electrons. The number of anilines is 2. The van der Waals surface area contributed by atoms with E-state index in [4.69, 9.17) is 17.3 Å². The summed E-state index contributed by atoms with van der Waals surface area (Å²) in [5, 5.41) is 11.0. The van der Waals surface area contributed by atoms with E-state index >= 15 is 0 Å². The summed E-state index contributed by atoms with van der Waals surface area (Å²) < 4.78 is 0.672. The molecule has 1 atom stereocenters. The number of thioether (sulfide) groups is 1. The number of amides is 1. The molecule has 100 valence electrons. The number of hydrogen-bond acceptors (Lipinski definition) is 6. The Morgan fingerprint density at radius 3 is 2.95 bits per heavy atom. The molecule has 19 heavy (non-hydrogen) atoms. The smallest absolute Gasteiger partial charge is 0.237 e. The molecule has 3 N–H and O–H groups in total. The number of hydrogen-bond donors (Lipinski definition) is 2. The van der Waals surface area contributed by atoms with Gasteiger partial charge in [-0.3, -0.25) is 4.79 Å². The topological polar surface area (TPSA) is 80.9 Å². The summed E-state index contributed by atoms with van der Waals surface area (Å²) in [7, 11) is 0. The van der Waals surface area contributed by atoms with Gasteiger partial charge in [-0.05, 0) is 25.1 Å². The van der Waals surface area contributed by atoms with E-state index in [1.807, 2.05) is 0 Å². The van der Waals surface area contributed by atoms with Gasteiger partial charge in [0.1, 0.15) is 0 Å². The van der Waals surface area contributed by atoms with Gasteiger partial charge in [-0.15, -0.1) is 10.2 Å². The molecule has 8 heteroatoms. The lowest BCUT2D eigenvalue weighted by atomic mass is 10.3. The number of carbonyl (C=O) groups is 1. The summed E-state index contributed by atoms with van der Waals surface area (Å²) in [5.41, 5.74) is 6.16. The Hall–Kier alpha value is -1.31. The van der Waals surface area contributed by atoms with Gasteiger partial charge in [0.2, 0.25) is 11.0 Å². The molecular weight excluding hydrogens is 304 g/mol. The van der Waals surface area contributed by atoms with Crippen LogP contribution in [0, 0.1) is 0 Å². The van der Waals surface area contributed by atoms with Gasteiger partial charge in [0, 0.05) is 10.7 Å². The number of rotatable bonds is 4. The van der Waals surface area contributed by atoms with E-state index in [0.717, 1.165) is 0 Å². The maximum atomic E-state index is 12.0. The second-order valence-electron chi connectivity index (χ2n) is 3.67. The average molecular weight is 315 g/mol. The van der Waals surface area contributed by atoms with Crippen molar-refractivity contribution in [1.29, 1.82) is 0 Å². The lowest BCUT2D eigenvalue weighted by Gasteiger charge is -2.10. The summed E-state index contributed by atoms with van der Waals surface area (Å²) in [5.74, 6) is -0.124. The van der Waals surface area contributed by atoms with Gasteiger partial charge < -0.3 is 11.1 Å². The Balaban J connectivity index is 1.96. The third-order valence-electron chi connectivity index (χ3n) is 2.16. The molecule has 0 fully saturated rings. The summed E-state index contributed by atoms with van der Waals surface area (Å²) in [4.78, 5) is 12.0. The van der Waals surface area contributed by atoms with Crippen LogP contribution in [-0.2, 0) is 4.79 Å². The van der Waals surface area contributed by atoms with Crippen LogP contribution in [0.25, 0.3) is 0 Å². The fourth-order valence-electron chi connectivity index (χ4n) is 1.28. The van der Waals surface area contributed by atoms with E-state index in [0.29, 0.717) is 20.2 Å². The number of benzene rings is 1. The van der Waals surface area contributed by atoms with E-state index < -0.39 is 0 Å². The number of nitrogens with two attached hydrogens (primary N) is 1. The number of carbonyl (C=O) groups excluding carboxylic acids is 1. The zero-order valence-electron chi connectivity index (χ0n) is 9.96. The van der Waals surface area contributed by atoms with Crippen molar-refractivity contribution in [2.45, 2.75) is 16.5 Å². The van der Waals surface area contributed by atoms with Crippen molar-refractivity contribution in [3.8, 4) is 0 Å². The predicted octanol–water partition coefficient (Wildman–Crippen LogP) is 2.89. The molecule has 5 nitrogen and oxygen atoms in total. The number of nitrogen functional groups attached to an aromatic ring is 1. The van der Waals surface area contributed by atoms with E-state index in [1.165, 1.54) is 23.1 Å². The second kappa shape index (κ2) is 6.23. The van der Waals surface area contributed by atoms with Gasteiger partial charge in [-0.2, -0.15) is 0 Å². The summed E-state index contributed by atoms with van der Waals surface area (Å²) in [6.07, 6.45) is 0. The van der Waals surface area contributed by atoms with Crippen LogP contribution in [0.1, 0.15) is 6.92 Å². The third kappa shape index (κ3) is 4.09. The molecule has 0 saturated carbocycles. The van der Waals surface area contributed by atoms with Crippen LogP contribution in [0.2, 0.25) is 5.02 Å². The van der Waals surface area contributed by atoms with Crippen molar-refractivity contribution >= 4 is 51.4 Å². The van der Waals surface area contributed by atoms with Gasteiger partial charge in [0.25, 0.3) is 0 Å². The number of aromatic nitrogens is 2. The third-order valence-corrected chi connectivity index (χ3v) is 4.33. The zero-order chi connectivity index (χ0) is 13.8. The molecule has 1 aromatic carbocycles. The Labute approximate surface area is 123 Å². The SMILES string of the molecule is C[C@H](Sc1nnc(N)s1)C(=O)Nc1cccc(Cl)c1. The van der Waals surface area contributed by atoms with E-state index in [9.17, 15) is 4.79 Å². The second-order valence-corrected chi connectivity index (χ2v) is 6.70. The Kier molecular flexibility index (Phi) is 4.62. The monoisotopic (exact) mass is 314 g/mol. The highest BCUT2D eigenvalue weighted by Gasteiger charge is 2.17. The van der Waals surface area contributed by atoms with Crippen molar-refractivity contribution < 1.29 is 4.79 Å². The van der Waals surface area contributed by atoms with Crippen LogP contribution in [-0.4, -0.2) is 21.4 Å². The largest absolute Gasteiger partial charge is 0.374 e. The molecule has 1 heterocycles. The highest BCUT2D eigenvalue weighted by atomic mass is 35.5. The Morgan fingerprint density at radius 2 is 2.32 bits per heavy atom. The molecule has 0 aliphatic rings. The van der Waals surface area contributed by atoms with Gasteiger partial charge in [0.15, 0.2) is 4.34 Å². The molecule has 2 aromatic rings. The quantitative estimate of drug-likeness (QED) is 0.848. The minimum absolute atomic E-state index is 0.124. The highest BCUT2D eigenvalue weighted by molar-refractivity contribution is 8.02. The van der Waals surface area contributed by atoms with Crippen LogP contribution in [0.3, 0.4) is 0 Å². The van der Waals surface area contributed by atoms with Crippen LogP contribution < -0.4 is 11.1 Å². The summed E-state index contributed by atoms with van der Waals surface area (Å²) in [6.45, 7) is 1.79. The normalized spacial score (nSPS) is 12.1. The van der Waals surface area contributed by atoms with Crippen molar-refractivity contribution in [2.75, 3.05) is 11.1 Å². The molecule has 2 rings (SSSR count). The zero-order valence-corrected chi connectivity index (χ0v) is 12.4. The lowest BCUT2D eigenvalue weighted by Crippen LogP contribution is -2.22. The predicted molar refractivity (Wildman–Crippen MR) is 79.7 cm³/mol. The molecular formula is C11H11ClN4OS2. The van der Waals surface area contributed by atoms with Gasteiger partial charge in [-0.1, -0.05) is 40.8 Å². The van der Waals surface area contributed by atoms with Crippen LogP contribution in [0.4, 0.5) is 10.8 Å². The fraction of sp³-hybridized carbons (Fsp3) is 0.182. The minimum atomic E-state index is -0.300. The van der Waals surface area contributed by atoms with E-state index in [2.05, 4.69) is 15.5 Å². The lowest BCUT2D eigenvalue weighted by molar-refractivity contribution is -0.115. The molecule has 1 aromatic heterocycles. The number of nitrogens with one attached hydrogen (secondary N) is 1. The molecule has 0 spiro atoms. The van der Waals surface area contributed by atoms with Gasteiger partial charge >= 0.3 is 0 Å². The first-order valence-electron chi connectivity index (χ1n) is 5.36. The highest BCUT2D eigenvalue weighted by Crippen LogP contribution is 2.28. The maximum Gasteiger partial charge on any atom is 0.237 e. The fourth-order valence-corrected chi connectivity index (χ4v) is 3.25. The molecule has 0 bridgehead atoms. The van der Waals surface area contributed by atoms with Crippen LogP contribution >= 0.6 is 34.7 Å². The first kappa shape index (κ1) is 14.1. The summed E-state index contributed by atoms with van der Waals surface area (Å²) >= 11 is 8.43. The van der Waals surface area contributed by atoms with E-state index in [-0.39, 0.29) is 11.2 Å².